The van der Waals surface area contributed by atoms with Gasteiger partial charge in [0.15, 0.2) is 5.16 Å². The van der Waals surface area contributed by atoms with Crippen LogP contribution >= 0.6 is 23.4 Å². The summed E-state index contributed by atoms with van der Waals surface area (Å²) in [5.41, 5.74) is 4.11. The highest BCUT2D eigenvalue weighted by molar-refractivity contribution is 7.98. The van der Waals surface area contributed by atoms with Gasteiger partial charge < -0.3 is 4.40 Å². The van der Waals surface area contributed by atoms with Crippen LogP contribution in [0.4, 0.5) is 0 Å². The molecule has 120 valence electrons. The quantitative estimate of drug-likeness (QED) is 0.515. The van der Waals surface area contributed by atoms with Crippen LogP contribution in [0, 0.1) is 6.92 Å². The Kier molecular flexibility index (Phi) is 4.00. The maximum atomic E-state index is 6.07. The molecule has 0 saturated carbocycles. The van der Waals surface area contributed by atoms with E-state index in [-0.39, 0.29) is 0 Å². The van der Waals surface area contributed by atoms with Gasteiger partial charge in [-0.25, -0.2) is 4.98 Å². The fourth-order valence-corrected chi connectivity index (χ4v) is 3.49. The molecular weight excluding hydrogens is 342 g/mol. The number of aromatic nitrogens is 5. The van der Waals surface area contributed by atoms with E-state index in [4.69, 9.17) is 11.6 Å². The second-order valence-corrected chi connectivity index (χ2v) is 6.84. The second-order valence-electron chi connectivity index (χ2n) is 5.46. The molecule has 1 aromatic carbocycles. The number of aryl methyl sites for hydroxylation is 1. The van der Waals surface area contributed by atoms with Crippen LogP contribution in [0.1, 0.15) is 11.3 Å². The van der Waals surface area contributed by atoms with Gasteiger partial charge in [-0.2, -0.15) is 0 Å². The molecule has 4 aromatic rings. The Labute approximate surface area is 148 Å². The molecule has 0 aliphatic carbocycles. The first-order valence-electron chi connectivity index (χ1n) is 7.42. The van der Waals surface area contributed by atoms with Gasteiger partial charge in [0.1, 0.15) is 12.0 Å². The topological polar surface area (TPSA) is 48.0 Å². The highest BCUT2D eigenvalue weighted by Gasteiger charge is 2.09. The van der Waals surface area contributed by atoms with Gasteiger partial charge in [-0.1, -0.05) is 35.5 Å². The van der Waals surface area contributed by atoms with E-state index in [2.05, 4.69) is 40.6 Å². The van der Waals surface area contributed by atoms with Crippen LogP contribution in [0.2, 0.25) is 5.02 Å². The first kappa shape index (κ1) is 15.2. The molecule has 5 nitrogen and oxygen atoms in total. The van der Waals surface area contributed by atoms with Crippen LogP contribution in [0.25, 0.3) is 11.3 Å². The fraction of sp³-hybridized carbons (Fsp3) is 0.118. The molecule has 3 heterocycles. The first-order chi connectivity index (χ1) is 11.7. The van der Waals surface area contributed by atoms with E-state index in [0.29, 0.717) is 5.02 Å². The molecule has 4 rings (SSSR count). The molecule has 0 spiro atoms. The summed E-state index contributed by atoms with van der Waals surface area (Å²) in [6.07, 6.45) is 5.82. The highest BCUT2D eigenvalue weighted by Crippen LogP contribution is 2.24. The number of hydrogen-bond acceptors (Lipinski definition) is 4. The zero-order chi connectivity index (χ0) is 16.5. The Balaban J connectivity index is 1.57. The van der Waals surface area contributed by atoms with Gasteiger partial charge in [0, 0.05) is 23.2 Å². The maximum absolute atomic E-state index is 6.07. The van der Waals surface area contributed by atoms with Crippen molar-refractivity contribution in [3.05, 3.63) is 71.4 Å². The summed E-state index contributed by atoms with van der Waals surface area (Å²) in [6, 6.07) is 11.7. The summed E-state index contributed by atoms with van der Waals surface area (Å²) in [5, 5.41) is 9.72. The van der Waals surface area contributed by atoms with Crippen LogP contribution < -0.4 is 0 Å². The molecule has 0 bridgehead atoms. The third-order valence-electron chi connectivity index (χ3n) is 3.60. The van der Waals surface area contributed by atoms with Crippen LogP contribution in [0.15, 0.2) is 60.3 Å². The molecule has 24 heavy (non-hydrogen) atoms. The zero-order valence-corrected chi connectivity index (χ0v) is 14.5. The smallest absolute Gasteiger partial charge is 0.195 e. The largest absolute Gasteiger partial charge is 0.307 e. The molecule has 0 amide bonds. The van der Waals surface area contributed by atoms with Crippen molar-refractivity contribution in [3.63, 3.8) is 0 Å². The van der Waals surface area contributed by atoms with E-state index < -0.39 is 0 Å². The van der Waals surface area contributed by atoms with Crippen LogP contribution in [-0.4, -0.2) is 24.1 Å². The molecule has 0 fully saturated rings. The number of benzene rings is 1. The summed E-state index contributed by atoms with van der Waals surface area (Å²) in [4.78, 5) is 4.63. The normalized spacial score (nSPS) is 11.2. The van der Waals surface area contributed by atoms with Gasteiger partial charge in [-0.05, 0) is 36.8 Å². The molecule has 0 aliphatic rings. The van der Waals surface area contributed by atoms with E-state index in [1.54, 1.807) is 18.1 Å². The predicted molar refractivity (Wildman–Crippen MR) is 95.9 cm³/mol. The fourth-order valence-electron chi connectivity index (χ4n) is 2.49. The molecule has 0 N–H and O–H groups in total. The van der Waals surface area contributed by atoms with Crippen molar-refractivity contribution in [1.29, 1.82) is 0 Å². The van der Waals surface area contributed by atoms with Crippen molar-refractivity contribution in [2.75, 3.05) is 0 Å². The molecule has 3 aromatic heterocycles. The molecule has 0 saturated heterocycles. The Hall–Kier alpha value is -2.31. The standard InChI is InChI=1S/C17H14ClN5S/c1-12-5-6-16-20-14(9-22(16)8-12)10-24-17-21-19-11-23(17)15-4-2-3-13(18)7-15/h2-9,11H,10H2,1H3. The number of fused-ring (bicyclic) bond motifs is 1. The van der Waals surface area contributed by atoms with Gasteiger partial charge in [0.25, 0.3) is 0 Å². The summed E-state index contributed by atoms with van der Waals surface area (Å²) < 4.78 is 3.98. The average molecular weight is 356 g/mol. The lowest BCUT2D eigenvalue weighted by atomic mass is 10.3. The monoisotopic (exact) mass is 355 g/mol. The van der Waals surface area contributed by atoms with Crippen molar-refractivity contribution in [1.82, 2.24) is 24.1 Å². The summed E-state index contributed by atoms with van der Waals surface area (Å²) in [5.74, 6) is 0.722. The number of pyridine rings is 1. The summed E-state index contributed by atoms with van der Waals surface area (Å²) in [6.45, 7) is 2.07. The number of imidazole rings is 1. The Bertz CT molecular complexity index is 1010. The van der Waals surface area contributed by atoms with Crippen molar-refractivity contribution < 1.29 is 0 Å². The third-order valence-corrected chi connectivity index (χ3v) is 4.81. The Morgan fingerprint density at radius 1 is 1.17 bits per heavy atom. The minimum absolute atomic E-state index is 0.688. The maximum Gasteiger partial charge on any atom is 0.195 e. The number of nitrogens with zero attached hydrogens (tertiary/aromatic N) is 5. The lowest BCUT2D eigenvalue weighted by Crippen LogP contribution is -1.95. The number of thioether (sulfide) groups is 1. The number of hydrogen-bond donors (Lipinski definition) is 0. The molecule has 0 aliphatic heterocycles. The van der Waals surface area contributed by atoms with Crippen LogP contribution in [0.3, 0.4) is 0 Å². The zero-order valence-electron chi connectivity index (χ0n) is 12.9. The second kappa shape index (κ2) is 6.30. The Morgan fingerprint density at radius 2 is 2.08 bits per heavy atom. The molecule has 0 atom stereocenters. The lowest BCUT2D eigenvalue weighted by molar-refractivity contribution is 0.883. The van der Waals surface area contributed by atoms with Crippen molar-refractivity contribution >= 4 is 29.0 Å². The number of rotatable bonds is 4. The van der Waals surface area contributed by atoms with Crippen LogP contribution in [0.5, 0.6) is 0 Å². The lowest BCUT2D eigenvalue weighted by Gasteiger charge is -2.05. The molecular formula is C17H14ClN5S. The van der Waals surface area contributed by atoms with E-state index in [1.807, 2.05) is 39.3 Å². The summed E-state index contributed by atoms with van der Waals surface area (Å²) in [7, 11) is 0. The minimum atomic E-state index is 0.688. The Morgan fingerprint density at radius 3 is 2.96 bits per heavy atom. The van der Waals surface area contributed by atoms with E-state index in [1.165, 1.54) is 5.56 Å². The highest BCUT2D eigenvalue weighted by atomic mass is 35.5. The first-order valence-corrected chi connectivity index (χ1v) is 8.78. The SMILES string of the molecule is Cc1ccc2nc(CSc3nncn3-c3cccc(Cl)c3)cn2c1. The summed E-state index contributed by atoms with van der Waals surface area (Å²) >= 11 is 7.67. The van der Waals surface area contributed by atoms with Crippen molar-refractivity contribution in [3.8, 4) is 5.69 Å². The third kappa shape index (κ3) is 3.02. The average Bonchev–Trinajstić information content (AvgIpc) is 3.18. The van der Waals surface area contributed by atoms with Gasteiger partial charge in [0.05, 0.1) is 11.4 Å². The van der Waals surface area contributed by atoms with Gasteiger partial charge in [0.2, 0.25) is 0 Å². The minimum Gasteiger partial charge on any atom is -0.307 e. The van der Waals surface area contributed by atoms with Gasteiger partial charge >= 0.3 is 0 Å². The van der Waals surface area contributed by atoms with E-state index in [9.17, 15) is 0 Å². The molecule has 0 radical (unpaired) electrons. The van der Waals surface area contributed by atoms with Crippen molar-refractivity contribution in [2.24, 2.45) is 0 Å². The van der Waals surface area contributed by atoms with E-state index >= 15 is 0 Å². The van der Waals surface area contributed by atoms with Gasteiger partial charge in [-0.3, -0.25) is 4.57 Å². The number of halogens is 1. The molecule has 0 unspecified atom stereocenters. The predicted octanol–water partition coefficient (Wildman–Crippen LogP) is 4.17. The molecule has 7 heteroatoms. The van der Waals surface area contributed by atoms with Crippen molar-refractivity contribution in [2.45, 2.75) is 17.8 Å². The van der Waals surface area contributed by atoms with Crippen LogP contribution in [-0.2, 0) is 5.75 Å². The van der Waals surface area contributed by atoms with E-state index in [0.717, 1.165) is 27.9 Å². The van der Waals surface area contributed by atoms with Gasteiger partial charge in [-0.15, -0.1) is 10.2 Å².